The Bertz CT molecular complexity index is 221. The standard InChI is InChI=1S/C18H39NO4/c1-4-7-10-19(13-17(20)15-22-11-8-5-2)14-18(21)16-23-12-9-6-3/h17-18,20-21H,4-16H2,1-3H3/t17-,18-/m1/s1. The first-order valence-electron chi connectivity index (χ1n) is 9.37. The van der Waals surface area contributed by atoms with Crippen molar-refractivity contribution in [2.45, 2.75) is 71.5 Å². The number of hydrogen-bond acceptors (Lipinski definition) is 5. The summed E-state index contributed by atoms with van der Waals surface area (Å²) in [6, 6.07) is 0. The van der Waals surface area contributed by atoms with Crippen molar-refractivity contribution in [3.05, 3.63) is 0 Å². The summed E-state index contributed by atoms with van der Waals surface area (Å²) in [5, 5.41) is 20.2. The summed E-state index contributed by atoms with van der Waals surface area (Å²) in [6.45, 7) is 10.5. The average Bonchev–Trinajstić information content (AvgIpc) is 2.53. The smallest absolute Gasteiger partial charge is 0.0900 e. The van der Waals surface area contributed by atoms with Crippen LogP contribution in [0.2, 0.25) is 0 Å². The highest BCUT2D eigenvalue weighted by molar-refractivity contribution is 4.69. The van der Waals surface area contributed by atoms with E-state index in [-0.39, 0.29) is 0 Å². The Balaban J connectivity index is 4.02. The first-order chi connectivity index (χ1) is 11.1. The Hall–Kier alpha value is -0.200. The van der Waals surface area contributed by atoms with Crippen LogP contribution in [0.15, 0.2) is 0 Å². The Morgan fingerprint density at radius 2 is 1.17 bits per heavy atom. The number of nitrogens with zero attached hydrogens (tertiary/aromatic N) is 1. The second-order valence-electron chi connectivity index (χ2n) is 6.28. The SMILES string of the molecule is CCCCOC[C@H](O)CN(CCCC)C[C@@H](O)COCCCC. The molecule has 0 saturated heterocycles. The van der Waals surface area contributed by atoms with Crippen molar-refractivity contribution in [3.8, 4) is 0 Å². The largest absolute Gasteiger partial charge is 0.389 e. The molecule has 140 valence electrons. The third kappa shape index (κ3) is 15.1. The minimum Gasteiger partial charge on any atom is -0.389 e. The molecule has 2 N–H and O–H groups in total. The molecule has 23 heavy (non-hydrogen) atoms. The fraction of sp³-hybridized carbons (Fsp3) is 1.00. The van der Waals surface area contributed by atoms with Crippen LogP contribution in [0.3, 0.4) is 0 Å². The van der Waals surface area contributed by atoms with Crippen LogP contribution in [-0.2, 0) is 9.47 Å². The molecule has 0 heterocycles. The third-order valence-corrected chi connectivity index (χ3v) is 3.67. The van der Waals surface area contributed by atoms with Gasteiger partial charge in [0.15, 0.2) is 0 Å². The van der Waals surface area contributed by atoms with Gasteiger partial charge in [0.1, 0.15) is 0 Å². The summed E-state index contributed by atoms with van der Waals surface area (Å²) in [7, 11) is 0. The van der Waals surface area contributed by atoms with Crippen LogP contribution in [0.25, 0.3) is 0 Å². The highest BCUT2D eigenvalue weighted by Gasteiger charge is 2.15. The van der Waals surface area contributed by atoms with Crippen LogP contribution in [-0.4, -0.2) is 73.4 Å². The lowest BCUT2D eigenvalue weighted by Gasteiger charge is -2.27. The van der Waals surface area contributed by atoms with Crippen LogP contribution in [0.1, 0.15) is 59.3 Å². The number of aliphatic hydroxyl groups excluding tert-OH is 2. The van der Waals surface area contributed by atoms with E-state index in [2.05, 4.69) is 25.7 Å². The maximum absolute atomic E-state index is 10.1. The summed E-state index contributed by atoms with van der Waals surface area (Å²) in [5.41, 5.74) is 0. The van der Waals surface area contributed by atoms with E-state index >= 15 is 0 Å². The molecule has 0 aromatic heterocycles. The second-order valence-corrected chi connectivity index (χ2v) is 6.28. The van der Waals surface area contributed by atoms with Crippen molar-refractivity contribution in [1.82, 2.24) is 4.90 Å². The van der Waals surface area contributed by atoms with Crippen molar-refractivity contribution in [2.75, 3.05) is 46.1 Å². The van der Waals surface area contributed by atoms with E-state index in [0.717, 1.165) is 45.1 Å². The zero-order valence-electron chi connectivity index (χ0n) is 15.5. The fourth-order valence-corrected chi connectivity index (χ4v) is 2.27. The predicted molar refractivity (Wildman–Crippen MR) is 94.8 cm³/mol. The molecule has 0 fully saturated rings. The average molecular weight is 334 g/mol. The molecule has 0 aromatic rings. The second kappa shape index (κ2) is 16.7. The quantitative estimate of drug-likeness (QED) is 0.400. The van der Waals surface area contributed by atoms with Crippen LogP contribution in [0.5, 0.6) is 0 Å². The molecule has 0 aliphatic carbocycles. The van der Waals surface area contributed by atoms with Crippen molar-refractivity contribution in [2.24, 2.45) is 0 Å². The highest BCUT2D eigenvalue weighted by atomic mass is 16.5. The molecular weight excluding hydrogens is 294 g/mol. The zero-order valence-corrected chi connectivity index (χ0v) is 15.5. The fourth-order valence-electron chi connectivity index (χ4n) is 2.27. The molecule has 5 nitrogen and oxygen atoms in total. The molecule has 0 aromatic carbocycles. The molecule has 0 saturated carbocycles. The van der Waals surface area contributed by atoms with Crippen LogP contribution >= 0.6 is 0 Å². The van der Waals surface area contributed by atoms with Crippen LogP contribution in [0, 0.1) is 0 Å². The minimum atomic E-state index is -0.503. The van der Waals surface area contributed by atoms with Crippen LogP contribution in [0.4, 0.5) is 0 Å². The normalized spacial score (nSPS) is 14.3. The summed E-state index contributed by atoms with van der Waals surface area (Å²) in [5.74, 6) is 0. The van der Waals surface area contributed by atoms with E-state index < -0.39 is 12.2 Å². The monoisotopic (exact) mass is 333 g/mol. The lowest BCUT2D eigenvalue weighted by molar-refractivity contribution is -0.0109. The number of hydrogen-bond donors (Lipinski definition) is 2. The zero-order chi connectivity index (χ0) is 17.3. The van der Waals surface area contributed by atoms with Gasteiger partial charge in [0.05, 0.1) is 25.4 Å². The first kappa shape index (κ1) is 22.8. The molecule has 0 amide bonds. The Labute approximate surface area is 143 Å². The first-order valence-corrected chi connectivity index (χ1v) is 9.37. The summed E-state index contributed by atoms with van der Waals surface area (Å²) >= 11 is 0. The molecule has 0 unspecified atom stereocenters. The molecule has 2 atom stereocenters. The molecular formula is C18H39NO4. The molecule has 0 rings (SSSR count). The van der Waals surface area contributed by atoms with E-state index in [9.17, 15) is 10.2 Å². The Morgan fingerprint density at radius 1 is 0.739 bits per heavy atom. The van der Waals surface area contributed by atoms with Gasteiger partial charge in [0.25, 0.3) is 0 Å². The Morgan fingerprint density at radius 3 is 1.57 bits per heavy atom. The van der Waals surface area contributed by atoms with Gasteiger partial charge in [-0.05, 0) is 25.8 Å². The van der Waals surface area contributed by atoms with Gasteiger partial charge in [0, 0.05) is 26.3 Å². The maximum atomic E-state index is 10.1. The van der Waals surface area contributed by atoms with E-state index in [0.29, 0.717) is 39.5 Å². The number of rotatable bonds is 17. The van der Waals surface area contributed by atoms with Gasteiger partial charge in [-0.2, -0.15) is 0 Å². The molecule has 0 radical (unpaired) electrons. The van der Waals surface area contributed by atoms with Crippen molar-refractivity contribution < 1.29 is 19.7 Å². The summed E-state index contributed by atoms with van der Waals surface area (Å²) in [4.78, 5) is 2.12. The molecule has 0 aliphatic heterocycles. The van der Waals surface area contributed by atoms with E-state index in [1.54, 1.807) is 0 Å². The summed E-state index contributed by atoms with van der Waals surface area (Å²) in [6.07, 6.45) is 5.41. The molecule has 5 heteroatoms. The van der Waals surface area contributed by atoms with E-state index in [1.807, 2.05) is 0 Å². The van der Waals surface area contributed by atoms with Gasteiger partial charge in [-0.3, -0.25) is 4.90 Å². The van der Waals surface area contributed by atoms with Crippen LogP contribution < -0.4 is 0 Å². The topological polar surface area (TPSA) is 62.2 Å². The number of unbranched alkanes of at least 4 members (excludes halogenated alkanes) is 3. The Kier molecular flexibility index (Phi) is 16.5. The lowest BCUT2D eigenvalue weighted by atomic mass is 10.2. The van der Waals surface area contributed by atoms with E-state index in [1.165, 1.54) is 0 Å². The molecule has 0 bridgehead atoms. The van der Waals surface area contributed by atoms with Gasteiger partial charge in [0.2, 0.25) is 0 Å². The number of ether oxygens (including phenoxy) is 2. The van der Waals surface area contributed by atoms with E-state index in [4.69, 9.17) is 9.47 Å². The summed E-state index contributed by atoms with van der Waals surface area (Å²) < 4.78 is 10.9. The van der Waals surface area contributed by atoms with Crippen molar-refractivity contribution in [3.63, 3.8) is 0 Å². The lowest BCUT2D eigenvalue weighted by Crippen LogP contribution is -2.41. The van der Waals surface area contributed by atoms with Gasteiger partial charge >= 0.3 is 0 Å². The van der Waals surface area contributed by atoms with Gasteiger partial charge in [-0.1, -0.05) is 40.0 Å². The number of aliphatic hydroxyl groups is 2. The van der Waals surface area contributed by atoms with Crippen molar-refractivity contribution in [1.29, 1.82) is 0 Å². The maximum Gasteiger partial charge on any atom is 0.0900 e. The van der Waals surface area contributed by atoms with Gasteiger partial charge in [-0.25, -0.2) is 0 Å². The van der Waals surface area contributed by atoms with Gasteiger partial charge in [-0.15, -0.1) is 0 Å². The third-order valence-electron chi connectivity index (χ3n) is 3.67. The molecule has 0 aliphatic rings. The minimum absolute atomic E-state index is 0.367. The molecule has 0 spiro atoms. The van der Waals surface area contributed by atoms with Gasteiger partial charge < -0.3 is 19.7 Å². The highest BCUT2D eigenvalue weighted by Crippen LogP contribution is 2.02. The predicted octanol–water partition coefficient (Wildman–Crippen LogP) is 2.44. The van der Waals surface area contributed by atoms with Crippen molar-refractivity contribution >= 4 is 0 Å².